The largest absolute Gasteiger partial charge is 0.487 e. The number of carbonyl (C=O) groups excluding carboxylic acids is 1. The van der Waals surface area contributed by atoms with Gasteiger partial charge in [-0.05, 0) is 109 Å². The number of benzene rings is 3. The highest BCUT2D eigenvalue weighted by atomic mass is 79.9. The number of thioether (sulfide) groups is 1. The highest BCUT2D eigenvalue weighted by Gasteiger charge is 2.24. The third-order valence-corrected chi connectivity index (χ3v) is 7.22. The van der Waals surface area contributed by atoms with Crippen LogP contribution in [0.15, 0.2) is 79.5 Å². The van der Waals surface area contributed by atoms with Gasteiger partial charge in [0, 0.05) is 0 Å². The Hall–Kier alpha value is -2.88. The third-order valence-electron chi connectivity index (χ3n) is 5.13. The fourth-order valence-electron chi connectivity index (χ4n) is 3.26. The Morgan fingerprint density at radius 1 is 1.06 bits per heavy atom. The monoisotopic (exact) mass is 614 g/mol. The standard InChI is InChI=1S/C26H20Br2N2O4S/c1-2-15-5-9-19(10-6-15)29-26-30-24(31)22(35-26)13-17-11-20(27)23(21(28)12-17)34-14-16-3-7-18(8-4-16)25(32)33/h3-13H,2,14H2,1H3,(H,32,33)(H,29,30,31)/b22-13-. The van der Waals surface area contributed by atoms with Gasteiger partial charge in [0.2, 0.25) is 0 Å². The Kier molecular flexibility index (Phi) is 8.10. The first-order chi connectivity index (χ1) is 16.8. The number of ether oxygens (including phenoxy) is 1. The van der Waals surface area contributed by atoms with Crippen molar-refractivity contribution < 1.29 is 19.4 Å². The molecule has 1 amide bonds. The molecule has 0 aliphatic carbocycles. The summed E-state index contributed by atoms with van der Waals surface area (Å²) in [5, 5.41) is 12.4. The van der Waals surface area contributed by atoms with Crippen molar-refractivity contribution >= 4 is 72.4 Å². The second-order valence-corrected chi connectivity index (χ2v) is 10.3. The highest BCUT2D eigenvalue weighted by Crippen LogP contribution is 2.37. The molecule has 4 rings (SSSR count). The van der Waals surface area contributed by atoms with E-state index < -0.39 is 5.97 Å². The molecule has 9 heteroatoms. The molecule has 0 radical (unpaired) electrons. The average molecular weight is 616 g/mol. The first kappa shape index (κ1) is 25.2. The van der Waals surface area contributed by atoms with Crippen LogP contribution < -0.4 is 10.1 Å². The van der Waals surface area contributed by atoms with E-state index in [0.717, 1.165) is 23.2 Å². The Morgan fingerprint density at radius 3 is 2.29 bits per heavy atom. The Balaban J connectivity index is 1.46. The number of amidine groups is 1. The topological polar surface area (TPSA) is 88.0 Å². The van der Waals surface area contributed by atoms with E-state index in [9.17, 15) is 9.59 Å². The molecule has 2 N–H and O–H groups in total. The molecule has 0 atom stereocenters. The van der Waals surface area contributed by atoms with Gasteiger partial charge in [0.25, 0.3) is 5.91 Å². The van der Waals surface area contributed by atoms with Crippen molar-refractivity contribution in [3.05, 3.63) is 96.8 Å². The van der Waals surface area contributed by atoms with Gasteiger partial charge < -0.3 is 15.2 Å². The van der Waals surface area contributed by atoms with E-state index in [-0.39, 0.29) is 18.1 Å². The normalized spacial score (nSPS) is 15.5. The van der Waals surface area contributed by atoms with E-state index >= 15 is 0 Å². The smallest absolute Gasteiger partial charge is 0.335 e. The molecular formula is C26H20Br2N2O4S. The summed E-state index contributed by atoms with van der Waals surface area (Å²) in [5.74, 6) is -0.558. The molecule has 3 aromatic carbocycles. The molecular weight excluding hydrogens is 596 g/mol. The molecule has 3 aromatic rings. The van der Waals surface area contributed by atoms with E-state index in [1.54, 1.807) is 30.3 Å². The minimum absolute atomic E-state index is 0.198. The molecule has 0 spiro atoms. The van der Waals surface area contributed by atoms with E-state index in [1.807, 2.05) is 36.4 Å². The maximum Gasteiger partial charge on any atom is 0.335 e. The number of halogens is 2. The number of hydrogen-bond donors (Lipinski definition) is 2. The summed E-state index contributed by atoms with van der Waals surface area (Å²) >= 11 is 8.37. The summed E-state index contributed by atoms with van der Waals surface area (Å²) in [6, 6.07) is 18.2. The quantitative estimate of drug-likeness (QED) is 0.281. The molecule has 0 aromatic heterocycles. The van der Waals surface area contributed by atoms with E-state index in [4.69, 9.17) is 9.84 Å². The number of carbonyl (C=O) groups is 2. The van der Waals surface area contributed by atoms with Gasteiger partial charge in [-0.15, -0.1) is 0 Å². The SMILES string of the molecule is CCc1ccc(N=C2NC(=O)/C(=C/c3cc(Br)c(OCc4ccc(C(=O)O)cc4)c(Br)c3)S2)cc1. The van der Waals surface area contributed by atoms with Crippen LogP contribution in [0.5, 0.6) is 5.75 Å². The van der Waals surface area contributed by atoms with Crippen LogP contribution >= 0.6 is 43.6 Å². The molecule has 1 heterocycles. The third kappa shape index (κ3) is 6.42. The second kappa shape index (κ2) is 11.2. The zero-order valence-electron chi connectivity index (χ0n) is 18.5. The number of carboxylic acids is 1. The minimum atomic E-state index is -0.967. The van der Waals surface area contributed by atoms with Crippen LogP contribution in [0.25, 0.3) is 6.08 Å². The van der Waals surface area contributed by atoms with Crippen molar-refractivity contribution in [2.24, 2.45) is 4.99 Å². The van der Waals surface area contributed by atoms with Crippen molar-refractivity contribution in [3.8, 4) is 5.75 Å². The fraction of sp³-hybridized carbons (Fsp3) is 0.115. The zero-order valence-corrected chi connectivity index (χ0v) is 22.5. The van der Waals surface area contributed by atoms with Crippen LogP contribution in [0, 0.1) is 0 Å². The van der Waals surface area contributed by atoms with Crippen molar-refractivity contribution in [2.45, 2.75) is 20.0 Å². The summed E-state index contributed by atoms with van der Waals surface area (Å²) in [6.45, 7) is 2.37. The second-order valence-electron chi connectivity index (χ2n) is 7.61. The van der Waals surface area contributed by atoms with Gasteiger partial charge in [0.1, 0.15) is 12.4 Å². The number of nitrogens with zero attached hydrogens (tertiary/aromatic N) is 1. The fourth-order valence-corrected chi connectivity index (χ4v) is 5.55. The van der Waals surface area contributed by atoms with Crippen molar-refractivity contribution in [2.75, 3.05) is 0 Å². The summed E-state index contributed by atoms with van der Waals surface area (Å²) in [4.78, 5) is 28.5. The molecule has 1 saturated heterocycles. The Bertz CT molecular complexity index is 1310. The number of carboxylic acid groups (broad SMARTS) is 1. The van der Waals surface area contributed by atoms with Gasteiger partial charge in [0.15, 0.2) is 5.17 Å². The van der Waals surface area contributed by atoms with Gasteiger partial charge in [-0.2, -0.15) is 0 Å². The van der Waals surface area contributed by atoms with Crippen LogP contribution in [0.3, 0.4) is 0 Å². The molecule has 1 fully saturated rings. The molecule has 6 nitrogen and oxygen atoms in total. The number of aromatic carboxylic acids is 1. The number of rotatable bonds is 7. The molecule has 0 unspecified atom stereocenters. The predicted molar refractivity (Wildman–Crippen MR) is 146 cm³/mol. The number of aryl methyl sites for hydroxylation is 1. The molecule has 0 bridgehead atoms. The summed E-state index contributed by atoms with van der Waals surface area (Å²) in [7, 11) is 0. The van der Waals surface area contributed by atoms with Crippen LogP contribution in [-0.2, 0) is 17.8 Å². The van der Waals surface area contributed by atoms with E-state index in [0.29, 0.717) is 24.8 Å². The number of hydrogen-bond acceptors (Lipinski definition) is 5. The lowest BCUT2D eigenvalue weighted by molar-refractivity contribution is -0.115. The summed E-state index contributed by atoms with van der Waals surface area (Å²) in [5.41, 5.74) is 3.90. The van der Waals surface area contributed by atoms with Gasteiger partial charge in [-0.25, -0.2) is 9.79 Å². The van der Waals surface area contributed by atoms with Gasteiger partial charge in [-0.1, -0.05) is 31.2 Å². The molecule has 178 valence electrons. The lowest BCUT2D eigenvalue weighted by atomic mass is 10.1. The predicted octanol–water partition coefficient (Wildman–Crippen LogP) is 6.94. The van der Waals surface area contributed by atoms with Crippen LogP contribution in [0.2, 0.25) is 0 Å². The van der Waals surface area contributed by atoms with Gasteiger partial charge >= 0.3 is 5.97 Å². The number of nitrogens with one attached hydrogen (secondary N) is 1. The first-order valence-corrected chi connectivity index (χ1v) is 13.0. The number of aliphatic imine (C=N–C) groups is 1. The maximum atomic E-state index is 12.5. The van der Waals surface area contributed by atoms with Crippen LogP contribution in [0.4, 0.5) is 5.69 Å². The zero-order chi connectivity index (χ0) is 24.9. The van der Waals surface area contributed by atoms with Crippen LogP contribution in [-0.4, -0.2) is 22.2 Å². The van der Waals surface area contributed by atoms with Crippen molar-refractivity contribution in [1.82, 2.24) is 5.32 Å². The lowest BCUT2D eigenvalue weighted by Gasteiger charge is -2.12. The number of amides is 1. The maximum absolute atomic E-state index is 12.5. The summed E-state index contributed by atoms with van der Waals surface area (Å²) < 4.78 is 7.37. The first-order valence-electron chi connectivity index (χ1n) is 10.6. The Morgan fingerprint density at radius 2 is 1.69 bits per heavy atom. The molecule has 0 saturated carbocycles. The Labute approximate surface area is 223 Å². The molecule has 35 heavy (non-hydrogen) atoms. The van der Waals surface area contributed by atoms with Crippen LogP contribution in [0.1, 0.15) is 34.0 Å². The average Bonchev–Trinajstić information content (AvgIpc) is 3.17. The molecule has 1 aliphatic rings. The van der Waals surface area contributed by atoms with Crippen molar-refractivity contribution in [1.29, 1.82) is 0 Å². The van der Waals surface area contributed by atoms with Crippen molar-refractivity contribution in [3.63, 3.8) is 0 Å². The van der Waals surface area contributed by atoms with Gasteiger partial charge in [0.05, 0.1) is 25.1 Å². The highest BCUT2D eigenvalue weighted by molar-refractivity contribution is 9.11. The molecule has 1 aliphatic heterocycles. The van der Waals surface area contributed by atoms with Gasteiger partial charge in [-0.3, -0.25) is 4.79 Å². The van der Waals surface area contributed by atoms with E-state index in [1.165, 1.54) is 17.3 Å². The van der Waals surface area contributed by atoms with E-state index in [2.05, 4.69) is 49.1 Å². The lowest BCUT2D eigenvalue weighted by Crippen LogP contribution is -2.19. The summed E-state index contributed by atoms with van der Waals surface area (Å²) in [6.07, 6.45) is 2.76. The minimum Gasteiger partial charge on any atom is -0.487 e.